The Balaban J connectivity index is 2.22. The van der Waals surface area contributed by atoms with Gasteiger partial charge in [-0.1, -0.05) is 46.9 Å². The Kier molecular flexibility index (Phi) is 9.32. The van der Waals surface area contributed by atoms with Gasteiger partial charge in [0.1, 0.15) is 6.17 Å². The second-order valence-corrected chi connectivity index (χ2v) is 9.57. The van der Waals surface area contributed by atoms with Gasteiger partial charge in [0, 0.05) is 10.0 Å². The summed E-state index contributed by atoms with van der Waals surface area (Å²) < 4.78 is 14.7. The minimum Gasteiger partial charge on any atom is -0.493 e. The molecule has 0 heterocycles. The summed E-state index contributed by atoms with van der Waals surface area (Å²) >= 11 is 26.9. The molecule has 2 aromatic rings. The van der Waals surface area contributed by atoms with Gasteiger partial charge in [-0.3, -0.25) is 4.79 Å². The third kappa shape index (κ3) is 6.92. The third-order valence-electron chi connectivity index (χ3n) is 3.93. The molecule has 0 aromatic heterocycles. The van der Waals surface area contributed by atoms with E-state index in [1.807, 2.05) is 18.2 Å². The number of anilines is 1. The van der Waals surface area contributed by atoms with E-state index in [1.165, 1.54) is 33.5 Å². The number of methoxy groups -OCH3 is 3. The fraction of sp³-hybridized carbons (Fsp3) is 0.263. The first kappa shape index (κ1) is 25.6. The van der Waals surface area contributed by atoms with E-state index in [9.17, 15) is 4.79 Å². The number of nitrogens with one attached hydrogen (secondary N) is 3. The number of ether oxygens (including phenoxy) is 3. The number of alkyl halides is 3. The molecule has 0 saturated heterocycles. The van der Waals surface area contributed by atoms with E-state index >= 15 is 0 Å². The summed E-state index contributed by atoms with van der Waals surface area (Å²) in [6.45, 7) is 0. The molecule has 0 bridgehead atoms. The quantitative estimate of drug-likeness (QED) is 0.248. The van der Waals surface area contributed by atoms with Crippen LogP contribution in [-0.4, -0.2) is 42.3 Å². The summed E-state index contributed by atoms with van der Waals surface area (Å²) in [5.41, 5.74) is 0.888. The Labute approximate surface area is 208 Å². The zero-order valence-corrected chi connectivity index (χ0v) is 21.3. The van der Waals surface area contributed by atoms with Gasteiger partial charge in [-0.05, 0) is 52.4 Å². The average molecular weight is 572 g/mol. The van der Waals surface area contributed by atoms with Crippen LogP contribution in [0.2, 0.25) is 0 Å². The fourth-order valence-electron chi connectivity index (χ4n) is 2.48. The van der Waals surface area contributed by atoms with Crippen molar-refractivity contribution in [3.8, 4) is 17.2 Å². The molecule has 31 heavy (non-hydrogen) atoms. The van der Waals surface area contributed by atoms with Gasteiger partial charge in [-0.25, -0.2) is 0 Å². The molecule has 1 atom stereocenters. The van der Waals surface area contributed by atoms with Crippen molar-refractivity contribution < 1.29 is 19.0 Å². The van der Waals surface area contributed by atoms with Gasteiger partial charge in [-0.2, -0.15) is 0 Å². The molecule has 12 heteroatoms. The van der Waals surface area contributed by atoms with Gasteiger partial charge in [0.15, 0.2) is 16.6 Å². The van der Waals surface area contributed by atoms with Crippen molar-refractivity contribution >= 4 is 79.7 Å². The molecule has 0 saturated carbocycles. The van der Waals surface area contributed by atoms with Gasteiger partial charge in [0.25, 0.3) is 5.91 Å². The van der Waals surface area contributed by atoms with Crippen LogP contribution in [-0.2, 0) is 0 Å². The summed E-state index contributed by atoms with van der Waals surface area (Å²) in [6, 6.07) is 10.3. The van der Waals surface area contributed by atoms with Crippen LogP contribution in [0.25, 0.3) is 0 Å². The van der Waals surface area contributed by atoms with Gasteiger partial charge < -0.3 is 30.2 Å². The monoisotopic (exact) mass is 569 g/mol. The number of hydrogen-bond acceptors (Lipinski definition) is 5. The number of carbonyl (C=O) groups excluding carboxylic acids is 1. The van der Waals surface area contributed by atoms with Crippen LogP contribution in [0, 0.1) is 0 Å². The number of rotatable bonds is 7. The third-order valence-corrected chi connectivity index (χ3v) is 5.49. The number of para-hydroxylation sites is 1. The van der Waals surface area contributed by atoms with Crippen molar-refractivity contribution in [2.45, 2.75) is 9.96 Å². The van der Waals surface area contributed by atoms with Crippen molar-refractivity contribution in [2.24, 2.45) is 0 Å². The molecule has 0 aliphatic heterocycles. The van der Waals surface area contributed by atoms with Crippen molar-refractivity contribution in [3.63, 3.8) is 0 Å². The van der Waals surface area contributed by atoms with Crippen LogP contribution in [0.15, 0.2) is 40.9 Å². The maximum Gasteiger partial charge on any atom is 0.253 e. The predicted octanol–water partition coefficient (Wildman–Crippen LogP) is 4.89. The first-order valence-electron chi connectivity index (χ1n) is 8.60. The van der Waals surface area contributed by atoms with Gasteiger partial charge in [-0.15, -0.1) is 0 Å². The lowest BCUT2D eigenvalue weighted by Gasteiger charge is -2.28. The van der Waals surface area contributed by atoms with Gasteiger partial charge in [0.05, 0.1) is 27.0 Å². The highest BCUT2D eigenvalue weighted by molar-refractivity contribution is 9.10. The number of halogens is 4. The molecule has 168 valence electrons. The topological polar surface area (TPSA) is 80.9 Å². The molecule has 2 rings (SSSR count). The lowest BCUT2D eigenvalue weighted by Crippen LogP contribution is -2.56. The molecule has 0 radical (unpaired) electrons. The first-order valence-corrected chi connectivity index (χ1v) is 10.9. The number of carbonyl (C=O) groups is 1. The molecule has 3 N–H and O–H groups in total. The zero-order chi connectivity index (χ0) is 23.2. The molecule has 0 aliphatic carbocycles. The van der Waals surface area contributed by atoms with Crippen molar-refractivity contribution in [3.05, 3.63) is 46.4 Å². The maximum atomic E-state index is 12.9. The SMILES string of the molecule is COc1cc(C(=O)NC(NC(=S)Nc2ccccc2Br)C(Cl)(Cl)Cl)cc(OC)c1OC. The van der Waals surface area contributed by atoms with Crippen LogP contribution in [0.3, 0.4) is 0 Å². The first-order chi connectivity index (χ1) is 14.6. The summed E-state index contributed by atoms with van der Waals surface area (Å²) in [5.74, 6) is 0.385. The number of hydrogen-bond donors (Lipinski definition) is 3. The van der Waals surface area contributed by atoms with Crippen molar-refractivity contribution in [2.75, 3.05) is 26.6 Å². The summed E-state index contributed by atoms with van der Waals surface area (Å²) in [7, 11) is 4.34. The Morgan fingerprint density at radius 3 is 2.10 bits per heavy atom. The highest BCUT2D eigenvalue weighted by Gasteiger charge is 2.35. The number of thiocarbonyl (C=S) groups is 1. The second-order valence-electron chi connectivity index (χ2n) is 5.94. The fourth-order valence-corrected chi connectivity index (χ4v) is 3.42. The molecule has 0 spiro atoms. The van der Waals surface area contributed by atoms with Crippen molar-refractivity contribution in [1.82, 2.24) is 10.6 Å². The molecular formula is C19H19BrCl3N3O4S. The molecular weight excluding hydrogens is 553 g/mol. The largest absolute Gasteiger partial charge is 0.493 e. The van der Waals surface area contributed by atoms with E-state index in [1.54, 1.807) is 6.07 Å². The van der Waals surface area contributed by atoms with Crippen LogP contribution in [0.1, 0.15) is 10.4 Å². The van der Waals surface area contributed by atoms with Crippen molar-refractivity contribution in [1.29, 1.82) is 0 Å². The average Bonchev–Trinajstić information content (AvgIpc) is 2.72. The van der Waals surface area contributed by atoms with E-state index in [0.717, 1.165) is 4.47 Å². The Morgan fingerprint density at radius 2 is 1.61 bits per heavy atom. The van der Waals surface area contributed by atoms with E-state index in [0.29, 0.717) is 22.9 Å². The molecule has 2 aromatic carbocycles. The molecule has 7 nitrogen and oxygen atoms in total. The van der Waals surface area contributed by atoms with E-state index in [4.69, 9.17) is 61.2 Å². The highest BCUT2D eigenvalue weighted by Crippen LogP contribution is 2.38. The summed E-state index contributed by atoms with van der Waals surface area (Å²) in [5, 5.41) is 8.51. The maximum absolute atomic E-state index is 12.9. The minimum absolute atomic E-state index is 0.133. The van der Waals surface area contributed by atoms with Crippen LogP contribution < -0.4 is 30.2 Å². The summed E-state index contributed by atoms with van der Waals surface area (Å²) in [6.07, 6.45) is -1.16. The Bertz CT molecular complexity index is 934. The van der Waals surface area contributed by atoms with Gasteiger partial charge >= 0.3 is 0 Å². The minimum atomic E-state index is -1.92. The molecule has 1 unspecified atom stereocenters. The number of benzene rings is 2. The van der Waals surface area contributed by atoms with E-state index < -0.39 is 15.9 Å². The summed E-state index contributed by atoms with van der Waals surface area (Å²) in [4.78, 5) is 12.9. The second kappa shape index (κ2) is 11.3. The zero-order valence-electron chi connectivity index (χ0n) is 16.6. The normalized spacial score (nSPS) is 11.8. The Morgan fingerprint density at radius 1 is 1.03 bits per heavy atom. The Hall–Kier alpha value is -1.65. The predicted molar refractivity (Wildman–Crippen MR) is 131 cm³/mol. The molecule has 0 aliphatic rings. The van der Waals surface area contributed by atoms with Crippen LogP contribution in [0.5, 0.6) is 17.2 Å². The standard InChI is InChI=1S/C19H19BrCl3N3O4S/c1-28-13-8-10(9-14(29-2)15(13)30-3)16(27)25-17(19(21,22)23)26-18(31)24-12-7-5-4-6-11(12)20/h4-9,17H,1-3H3,(H,25,27)(H2,24,26,31). The smallest absolute Gasteiger partial charge is 0.253 e. The van der Waals surface area contributed by atoms with E-state index in [-0.39, 0.29) is 10.7 Å². The van der Waals surface area contributed by atoms with E-state index in [2.05, 4.69) is 31.9 Å². The van der Waals surface area contributed by atoms with Crippen LogP contribution in [0.4, 0.5) is 5.69 Å². The van der Waals surface area contributed by atoms with Gasteiger partial charge in [0.2, 0.25) is 9.54 Å². The van der Waals surface area contributed by atoms with Crippen LogP contribution >= 0.6 is 63.0 Å². The lowest BCUT2D eigenvalue weighted by atomic mass is 10.1. The molecule has 1 amide bonds. The molecule has 0 fully saturated rings. The number of amides is 1. The highest BCUT2D eigenvalue weighted by atomic mass is 79.9. The lowest BCUT2D eigenvalue weighted by molar-refractivity contribution is 0.0933.